The van der Waals surface area contributed by atoms with Gasteiger partial charge in [-0.05, 0) is 38.0 Å². The van der Waals surface area contributed by atoms with Gasteiger partial charge in [0, 0.05) is 6.54 Å². The van der Waals surface area contributed by atoms with Crippen LogP contribution in [0.3, 0.4) is 0 Å². The number of thioether (sulfide) groups is 1. The second-order valence-electron chi connectivity index (χ2n) is 4.83. The molecule has 0 fully saturated rings. The van der Waals surface area contributed by atoms with E-state index >= 15 is 0 Å². The number of hydrogen-bond donors (Lipinski definition) is 2. The average molecular weight is 299 g/mol. The standard InChI is InChI=1S/C14H18FNO3S/c1-14(2,13(18)19)20-9-12(17)16-8-7-10-3-5-11(15)6-4-10/h3-6H,7-9H2,1-2H3,(H,16,17)(H,18,19). The normalized spacial score (nSPS) is 11.2. The lowest BCUT2D eigenvalue weighted by molar-refractivity contribution is -0.138. The number of carboxylic acids is 1. The number of amides is 1. The smallest absolute Gasteiger partial charge is 0.319 e. The zero-order valence-corrected chi connectivity index (χ0v) is 12.3. The zero-order chi connectivity index (χ0) is 15.2. The molecule has 0 aliphatic carbocycles. The van der Waals surface area contributed by atoms with Gasteiger partial charge in [0.15, 0.2) is 0 Å². The predicted molar refractivity (Wildman–Crippen MR) is 77.3 cm³/mol. The van der Waals surface area contributed by atoms with Crippen molar-refractivity contribution in [3.8, 4) is 0 Å². The van der Waals surface area contributed by atoms with Crippen molar-refractivity contribution in [1.29, 1.82) is 0 Å². The molecular weight excluding hydrogens is 281 g/mol. The van der Waals surface area contributed by atoms with Crippen LogP contribution in [0.1, 0.15) is 19.4 Å². The van der Waals surface area contributed by atoms with Crippen LogP contribution >= 0.6 is 11.8 Å². The topological polar surface area (TPSA) is 66.4 Å². The number of rotatable bonds is 7. The Kier molecular flexibility index (Phi) is 6.01. The van der Waals surface area contributed by atoms with Crippen LogP contribution in [0.2, 0.25) is 0 Å². The van der Waals surface area contributed by atoms with Gasteiger partial charge >= 0.3 is 5.97 Å². The van der Waals surface area contributed by atoms with E-state index in [1.54, 1.807) is 26.0 Å². The van der Waals surface area contributed by atoms with Gasteiger partial charge in [0.05, 0.1) is 5.75 Å². The summed E-state index contributed by atoms with van der Waals surface area (Å²) in [4.78, 5) is 22.4. The summed E-state index contributed by atoms with van der Waals surface area (Å²) in [5.74, 6) is -1.33. The molecule has 2 N–H and O–H groups in total. The highest BCUT2D eigenvalue weighted by Gasteiger charge is 2.28. The maximum absolute atomic E-state index is 12.7. The monoisotopic (exact) mass is 299 g/mol. The molecule has 0 radical (unpaired) electrons. The molecule has 0 aliphatic heterocycles. The minimum Gasteiger partial charge on any atom is -0.480 e. The lowest BCUT2D eigenvalue weighted by Gasteiger charge is -2.17. The molecule has 0 saturated heterocycles. The minimum absolute atomic E-state index is 0.0999. The third kappa shape index (κ3) is 5.61. The van der Waals surface area contributed by atoms with Gasteiger partial charge in [-0.15, -0.1) is 11.8 Å². The summed E-state index contributed by atoms with van der Waals surface area (Å²) < 4.78 is 11.7. The SMILES string of the molecule is CC(C)(SCC(=O)NCCc1ccc(F)cc1)C(=O)O. The fraction of sp³-hybridized carbons (Fsp3) is 0.429. The number of halogens is 1. The highest BCUT2D eigenvalue weighted by Crippen LogP contribution is 2.23. The van der Waals surface area contributed by atoms with Crippen molar-refractivity contribution >= 4 is 23.6 Å². The Labute approximate surface area is 121 Å². The van der Waals surface area contributed by atoms with Gasteiger partial charge in [-0.1, -0.05) is 12.1 Å². The van der Waals surface area contributed by atoms with Crippen LogP contribution in [-0.2, 0) is 16.0 Å². The van der Waals surface area contributed by atoms with Gasteiger partial charge in [-0.3, -0.25) is 9.59 Å². The van der Waals surface area contributed by atoms with Crippen LogP contribution in [-0.4, -0.2) is 34.0 Å². The van der Waals surface area contributed by atoms with E-state index in [0.29, 0.717) is 13.0 Å². The Balaban J connectivity index is 2.27. The zero-order valence-electron chi connectivity index (χ0n) is 11.5. The van der Waals surface area contributed by atoms with Crippen molar-refractivity contribution in [3.63, 3.8) is 0 Å². The molecule has 1 amide bonds. The Morgan fingerprint density at radius 2 is 1.90 bits per heavy atom. The number of benzene rings is 1. The molecule has 6 heteroatoms. The largest absolute Gasteiger partial charge is 0.480 e. The van der Waals surface area contributed by atoms with Gasteiger partial charge in [0.1, 0.15) is 10.6 Å². The maximum atomic E-state index is 12.7. The summed E-state index contributed by atoms with van der Waals surface area (Å²) in [6.07, 6.45) is 0.610. The first-order valence-corrected chi connectivity index (χ1v) is 7.18. The van der Waals surface area contributed by atoms with Crippen molar-refractivity contribution < 1.29 is 19.1 Å². The number of carbonyl (C=O) groups is 2. The maximum Gasteiger partial charge on any atom is 0.319 e. The van der Waals surface area contributed by atoms with Gasteiger partial charge in [0.2, 0.25) is 5.91 Å². The number of nitrogens with one attached hydrogen (secondary N) is 1. The number of hydrogen-bond acceptors (Lipinski definition) is 3. The molecule has 110 valence electrons. The second kappa shape index (κ2) is 7.28. The van der Waals surface area contributed by atoms with E-state index in [9.17, 15) is 14.0 Å². The Morgan fingerprint density at radius 3 is 2.45 bits per heavy atom. The van der Waals surface area contributed by atoms with Crippen LogP contribution < -0.4 is 5.32 Å². The first kappa shape index (κ1) is 16.5. The fourth-order valence-electron chi connectivity index (χ4n) is 1.36. The summed E-state index contributed by atoms with van der Waals surface area (Å²) in [5, 5.41) is 11.6. The van der Waals surface area contributed by atoms with E-state index in [4.69, 9.17) is 5.11 Å². The van der Waals surface area contributed by atoms with Gasteiger partial charge in [-0.25, -0.2) is 4.39 Å². The average Bonchev–Trinajstić information content (AvgIpc) is 2.39. The van der Waals surface area contributed by atoms with E-state index in [1.807, 2.05) is 0 Å². The molecule has 1 aromatic carbocycles. The fourth-order valence-corrected chi connectivity index (χ4v) is 2.07. The number of aliphatic carboxylic acids is 1. The highest BCUT2D eigenvalue weighted by atomic mass is 32.2. The molecule has 0 spiro atoms. The number of carboxylic acid groups (broad SMARTS) is 1. The van der Waals surface area contributed by atoms with Crippen LogP contribution in [0.4, 0.5) is 4.39 Å². The third-order valence-corrected chi connectivity index (χ3v) is 4.03. The van der Waals surface area contributed by atoms with E-state index < -0.39 is 10.7 Å². The third-order valence-electron chi connectivity index (χ3n) is 2.73. The molecule has 20 heavy (non-hydrogen) atoms. The van der Waals surface area contributed by atoms with E-state index in [-0.39, 0.29) is 17.5 Å². The second-order valence-corrected chi connectivity index (χ2v) is 6.43. The van der Waals surface area contributed by atoms with Crippen LogP contribution in [0, 0.1) is 5.82 Å². The van der Waals surface area contributed by atoms with Gasteiger partial charge < -0.3 is 10.4 Å². The van der Waals surface area contributed by atoms with E-state index in [1.165, 1.54) is 12.1 Å². The molecule has 0 heterocycles. The number of carbonyl (C=O) groups excluding carboxylic acids is 1. The molecule has 0 aromatic heterocycles. The quantitative estimate of drug-likeness (QED) is 0.809. The molecular formula is C14H18FNO3S. The van der Waals surface area contributed by atoms with Crippen molar-refractivity contribution in [2.75, 3.05) is 12.3 Å². The first-order valence-electron chi connectivity index (χ1n) is 6.20. The van der Waals surface area contributed by atoms with Crippen LogP contribution in [0.15, 0.2) is 24.3 Å². The summed E-state index contributed by atoms with van der Waals surface area (Å²) >= 11 is 1.08. The lowest BCUT2D eigenvalue weighted by atomic mass is 10.1. The Morgan fingerprint density at radius 1 is 1.30 bits per heavy atom. The Hall–Kier alpha value is -1.56. The highest BCUT2D eigenvalue weighted by molar-refractivity contribution is 8.01. The summed E-state index contributed by atoms with van der Waals surface area (Å²) in [5.41, 5.74) is 0.935. The summed E-state index contributed by atoms with van der Waals surface area (Å²) in [6.45, 7) is 3.57. The predicted octanol–water partition coefficient (Wildman–Crippen LogP) is 2.08. The summed E-state index contributed by atoms with van der Waals surface area (Å²) in [7, 11) is 0. The van der Waals surface area contributed by atoms with Crippen molar-refractivity contribution in [3.05, 3.63) is 35.6 Å². The first-order chi connectivity index (χ1) is 9.31. The molecule has 0 unspecified atom stereocenters. The molecule has 0 bridgehead atoms. The van der Waals surface area contributed by atoms with E-state index in [0.717, 1.165) is 17.3 Å². The molecule has 0 atom stereocenters. The van der Waals surface area contributed by atoms with Crippen molar-refractivity contribution in [2.45, 2.75) is 25.0 Å². The lowest BCUT2D eigenvalue weighted by Crippen LogP contribution is -2.32. The van der Waals surface area contributed by atoms with Crippen LogP contribution in [0.5, 0.6) is 0 Å². The van der Waals surface area contributed by atoms with Crippen molar-refractivity contribution in [2.24, 2.45) is 0 Å². The van der Waals surface area contributed by atoms with E-state index in [2.05, 4.69) is 5.32 Å². The Bertz CT molecular complexity index is 474. The molecule has 1 rings (SSSR count). The molecule has 1 aromatic rings. The minimum atomic E-state index is -0.978. The molecule has 0 saturated carbocycles. The molecule has 4 nitrogen and oxygen atoms in total. The van der Waals surface area contributed by atoms with Gasteiger partial charge in [-0.2, -0.15) is 0 Å². The van der Waals surface area contributed by atoms with Crippen LogP contribution in [0.25, 0.3) is 0 Å². The summed E-state index contributed by atoms with van der Waals surface area (Å²) in [6, 6.07) is 6.10. The van der Waals surface area contributed by atoms with Crippen molar-refractivity contribution in [1.82, 2.24) is 5.32 Å². The molecule has 0 aliphatic rings. The van der Waals surface area contributed by atoms with Gasteiger partial charge in [0.25, 0.3) is 0 Å².